The summed E-state index contributed by atoms with van der Waals surface area (Å²) in [5.74, 6) is 3.05. The van der Waals surface area contributed by atoms with Crippen molar-refractivity contribution in [3.05, 3.63) is 35.4 Å². The number of fused-ring (bicyclic) bond motifs is 5. The van der Waals surface area contributed by atoms with Gasteiger partial charge in [-0.1, -0.05) is 25.6 Å². The first-order valence-corrected chi connectivity index (χ1v) is 10.6. The highest BCUT2D eigenvalue weighted by molar-refractivity contribution is 5.63. The Balaban J connectivity index is 1.60. The molecule has 0 saturated heterocycles. The predicted octanol–water partition coefficient (Wildman–Crippen LogP) is 5.16. The van der Waals surface area contributed by atoms with Crippen molar-refractivity contribution in [1.29, 1.82) is 0 Å². The molecule has 3 aliphatic rings. The van der Waals surface area contributed by atoms with Crippen molar-refractivity contribution in [3.63, 3.8) is 0 Å². The smallest absolute Gasteiger partial charge is 0.188 e. The molecule has 0 N–H and O–H groups in total. The summed E-state index contributed by atoms with van der Waals surface area (Å²) in [6.45, 7) is 7.22. The van der Waals surface area contributed by atoms with Crippen LogP contribution >= 0.6 is 0 Å². The molecule has 0 radical (unpaired) electrons. The summed E-state index contributed by atoms with van der Waals surface area (Å²) in [6.07, 6.45) is 9.59. The van der Waals surface area contributed by atoms with Gasteiger partial charge in [-0.05, 0) is 78.9 Å². The first kappa shape index (κ1) is 19.9. The van der Waals surface area contributed by atoms with Gasteiger partial charge in [0.1, 0.15) is 12.5 Å². The van der Waals surface area contributed by atoms with Crippen LogP contribution < -0.4 is 4.74 Å². The van der Waals surface area contributed by atoms with Gasteiger partial charge in [0.25, 0.3) is 0 Å². The van der Waals surface area contributed by atoms with Crippen LogP contribution in [0, 0.1) is 17.3 Å². The Kier molecular flexibility index (Phi) is 5.82. The molecule has 0 heterocycles. The molecule has 2 fully saturated rings. The molecule has 1 aromatic carbocycles. The molecule has 4 rings (SSSR count). The Morgan fingerprint density at radius 3 is 2.68 bits per heavy atom. The number of rotatable bonds is 7. The minimum Gasteiger partial charge on any atom is -0.467 e. The van der Waals surface area contributed by atoms with Crippen LogP contribution in [0.5, 0.6) is 5.75 Å². The summed E-state index contributed by atoms with van der Waals surface area (Å²) in [5.41, 5.74) is 4.42. The zero-order valence-electron chi connectivity index (χ0n) is 17.5. The molecule has 2 saturated carbocycles. The SMILES string of the molecule is C=Cc1c(OCOC)ccc2c1CC[C@@H]1[C@@H]2CC[C@]2(C)[C@@H](OCOC)CC[C@@H]12. The maximum atomic E-state index is 6.10. The van der Waals surface area contributed by atoms with Crippen molar-refractivity contribution in [2.75, 3.05) is 27.8 Å². The molecule has 0 aromatic heterocycles. The van der Waals surface area contributed by atoms with E-state index < -0.39 is 0 Å². The van der Waals surface area contributed by atoms with Gasteiger partial charge in [-0.15, -0.1) is 0 Å². The summed E-state index contributed by atoms with van der Waals surface area (Å²) in [4.78, 5) is 0. The second-order valence-corrected chi connectivity index (χ2v) is 8.90. The topological polar surface area (TPSA) is 36.9 Å². The summed E-state index contributed by atoms with van der Waals surface area (Å²) in [5, 5.41) is 0. The van der Waals surface area contributed by atoms with Gasteiger partial charge in [0.05, 0.1) is 6.10 Å². The number of ether oxygens (including phenoxy) is 4. The molecule has 0 spiro atoms. The first-order chi connectivity index (χ1) is 13.6. The highest BCUT2D eigenvalue weighted by Gasteiger charge is 2.55. The fourth-order valence-corrected chi connectivity index (χ4v) is 6.52. The number of methoxy groups -OCH3 is 2. The van der Waals surface area contributed by atoms with E-state index in [1.165, 1.54) is 43.2 Å². The van der Waals surface area contributed by atoms with Crippen LogP contribution in [0.15, 0.2) is 18.7 Å². The summed E-state index contributed by atoms with van der Waals surface area (Å²) >= 11 is 0. The predicted molar refractivity (Wildman–Crippen MR) is 110 cm³/mol. The van der Waals surface area contributed by atoms with Crippen LogP contribution in [-0.4, -0.2) is 33.9 Å². The first-order valence-electron chi connectivity index (χ1n) is 10.6. The lowest BCUT2D eigenvalue weighted by molar-refractivity contribution is -0.125. The molecule has 0 unspecified atom stereocenters. The van der Waals surface area contributed by atoms with Crippen molar-refractivity contribution in [3.8, 4) is 5.75 Å². The molecular formula is C24H34O4. The van der Waals surface area contributed by atoms with Crippen LogP contribution in [-0.2, 0) is 20.6 Å². The fraction of sp³-hybridized carbons (Fsp3) is 0.667. The van der Waals surface area contributed by atoms with Gasteiger partial charge >= 0.3 is 0 Å². The van der Waals surface area contributed by atoms with E-state index in [0.29, 0.717) is 24.2 Å². The third-order valence-corrected chi connectivity index (χ3v) is 7.75. The molecule has 0 bridgehead atoms. The molecule has 4 nitrogen and oxygen atoms in total. The van der Waals surface area contributed by atoms with Gasteiger partial charge in [-0.3, -0.25) is 0 Å². The summed E-state index contributed by atoms with van der Waals surface area (Å²) in [6, 6.07) is 4.42. The molecule has 4 heteroatoms. The van der Waals surface area contributed by atoms with E-state index in [0.717, 1.165) is 29.6 Å². The minimum atomic E-state index is 0.273. The third kappa shape index (κ3) is 3.20. The Labute approximate surface area is 169 Å². The molecular weight excluding hydrogens is 352 g/mol. The lowest BCUT2D eigenvalue weighted by atomic mass is 9.55. The maximum Gasteiger partial charge on any atom is 0.188 e. The van der Waals surface area contributed by atoms with Crippen molar-refractivity contribution in [1.82, 2.24) is 0 Å². The second-order valence-electron chi connectivity index (χ2n) is 8.90. The Bertz CT molecular complexity index is 715. The van der Waals surface area contributed by atoms with E-state index in [2.05, 4.69) is 25.6 Å². The lowest BCUT2D eigenvalue weighted by Crippen LogP contribution is -2.45. The van der Waals surface area contributed by atoms with Gasteiger partial charge in [0, 0.05) is 19.8 Å². The Hall–Kier alpha value is -1.36. The van der Waals surface area contributed by atoms with Crippen LogP contribution in [0.3, 0.4) is 0 Å². The number of hydrogen-bond donors (Lipinski definition) is 0. The van der Waals surface area contributed by atoms with Crippen molar-refractivity contribution in [2.45, 2.75) is 57.5 Å². The monoisotopic (exact) mass is 386 g/mol. The average Bonchev–Trinajstić information content (AvgIpc) is 3.06. The zero-order chi connectivity index (χ0) is 19.7. The molecule has 0 amide bonds. The van der Waals surface area contributed by atoms with Crippen LogP contribution in [0.1, 0.15) is 61.6 Å². The summed E-state index contributed by atoms with van der Waals surface area (Å²) in [7, 11) is 3.37. The molecule has 1 aromatic rings. The number of benzene rings is 1. The van der Waals surface area contributed by atoms with E-state index in [1.54, 1.807) is 14.2 Å². The van der Waals surface area contributed by atoms with Crippen molar-refractivity contribution >= 4 is 6.08 Å². The standard InChI is InChI=1S/C24H34O4/c1-5-16-17-6-7-20-19(18(17)8-10-22(16)27-14-25-3)12-13-24(2)21(20)9-11-23(24)28-15-26-4/h5,8,10,19-21,23H,1,6-7,9,11-15H2,2-4H3/t19-,20-,21+,23+,24+/m1/s1. The van der Waals surface area contributed by atoms with E-state index in [1.807, 2.05) is 6.08 Å². The molecule has 28 heavy (non-hydrogen) atoms. The number of hydrogen-bond acceptors (Lipinski definition) is 4. The zero-order valence-corrected chi connectivity index (χ0v) is 17.5. The van der Waals surface area contributed by atoms with Gasteiger partial charge in [0.2, 0.25) is 0 Å². The molecule has 5 atom stereocenters. The van der Waals surface area contributed by atoms with Gasteiger partial charge < -0.3 is 18.9 Å². The van der Waals surface area contributed by atoms with Crippen LogP contribution in [0.4, 0.5) is 0 Å². The van der Waals surface area contributed by atoms with E-state index in [-0.39, 0.29) is 6.79 Å². The van der Waals surface area contributed by atoms with Gasteiger partial charge in [-0.2, -0.15) is 0 Å². The second kappa shape index (κ2) is 8.17. The lowest BCUT2D eigenvalue weighted by Gasteiger charge is -2.50. The largest absolute Gasteiger partial charge is 0.467 e. The Morgan fingerprint density at radius 1 is 1.11 bits per heavy atom. The normalized spacial score (nSPS) is 33.7. The quantitative estimate of drug-likeness (QED) is 0.607. The third-order valence-electron chi connectivity index (χ3n) is 7.75. The van der Waals surface area contributed by atoms with Crippen molar-refractivity contribution in [2.24, 2.45) is 17.3 Å². The average molecular weight is 387 g/mol. The van der Waals surface area contributed by atoms with E-state index in [4.69, 9.17) is 18.9 Å². The van der Waals surface area contributed by atoms with Crippen LogP contribution in [0.2, 0.25) is 0 Å². The molecule has 0 aliphatic heterocycles. The van der Waals surface area contributed by atoms with Crippen molar-refractivity contribution < 1.29 is 18.9 Å². The fourth-order valence-electron chi connectivity index (χ4n) is 6.52. The van der Waals surface area contributed by atoms with E-state index >= 15 is 0 Å². The highest BCUT2D eigenvalue weighted by Crippen LogP contribution is 2.61. The van der Waals surface area contributed by atoms with E-state index in [9.17, 15) is 0 Å². The summed E-state index contributed by atoms with van der Waals surface area (Å²) < 4.78 is 22.2. The minimum absolute atomic E-state index is 0.273. The van der Waals surface area contributed by atoms with Gasteiger partial charge in [-0.25, -0.2) is 0 Å². The Morgan fingerprint density at radius 2 is 1.93 bits per heavy atom. The van der Waals surface area contributed by atoms with Crippen LogP contribution in [0.25, 0.3) is 6.08 Å². The highest BCUT2D eigenvalue weighted by atomic mass is 16.7. The molecule has 154 valence electrons. The van der Waals surface area contributed by atoms with Gasteiger partial charge in [0.15, 0.2) is 6.79 Å². The maximum absolute atomic E-state index is 6.10. The molecule has 3 aliphatic carbocycles.